The third kappa shape index (κ3) is 2.57. The number of hydrogen-bond donors (Lipinski definition) is 0. The summed E-state index contributed by atoms with van der Waals surface area (Å²) in [6.07, 6.45) is 5.05. The van der Waals surface area contributed by atoms with E-state index in [9.17, 15) is 0 Å². The molecule has 68 valence electrons. The SMILES string of the molecule is C#CCOc1cc(OC)ccc1Cl. The molecule has 0 atom stereocenters. The van der Waals surface area contributed by atoms with Gasteiger partial charge in [0.2, 0.25) is 0 Å². The lowest BCUT2D eigenvalue weighted by Gasteiger charge is -2.06. The van der Waals surface area contributed by atoms with Gasteiger partial charge in [-0.15, -0.1) is 6.42 Å². The van der Waals surface area contributed by atoms with Gasteiger partial charge in [0.25, 0.3) is 0 Å². The summed E-state index contributed by atoms with van der Waals surface area (Å²) in [6, 6.07) is 5.15. The van der Waals surface area contributed by atoms with Crippen LogP contribution in [0.25, 0.3) is 0 Å². The zero-order valence-corrected chi connectivity index (χ0v) is 7.97. The van der Waals surface area contributed by atoms with E-state index in [0.717, 1.165) is 0 Å². The average Bonchev–Trinajstić information content (AvgIpc) is 2.17. The molecule has 0 saturated heterocycles. The van der Waals surface area contributed by atoms with E-state index >= 15 is 0 Å². The average molecular weight is 197 g/mol. The second-order valence-corrected chi connectivity index (χ2v) is 2.70. The zero-order valence-electron chi connectivity index (χ0n) is 7.21. The highest BCUT2D eigenvalue weighted by atomic mass is 35.5. The summed E-state index contributed by atoms with van der Waals surface area (Å²) in [5.74, 6) is 3.59. The van der Waals surface area contributed by atoms with E-state index in [1.807, 2.05) is 0 Å². The van der Waals surface area contributed by atoms with Crippen LogP contribution in [0.4, 0.5) is 0 Å². The van der Waals surface area contributed by atoms with Gasteiger partial charge >= 0.3 is 0 Å². The Morgan fingerprint density at radius 2 is 2.31 bits per heavy atom. The maximum atomic E-state index is 5.84. The maximum Gasteiger partial charge on any atom is 0.148 e. The Kier molecular flexibility index (Phi) is 3.48. The Bertz CT molecular complexity index is 328. The van der Waals surface area contributed by atoms with Crippen molar-refractivity contribution in [1.82, 2.24) is 0 Å². The van der Waals surface area contributed by atoms with Gasteiger partial charge in [0.05, 0.1) is 12.1 Å². The fourth-order valence-electron chi connectivity index (χ4n) is 0.841. The van der Waals surface area contributed by atoms with E-state index in [1.54, 1.807) is 25.3 Å². The van der Waals surface area contributed by atoms with Gasteiger partial charge in [-0.1, -0.05) is 17.5 Å². The topological polar surface area (TPSA) is 18.5 Å². The Morgan fingerprint density at radius 3 is 2.92 bits per heavy atom. The lowest BCUT2D eigenvalue weighted by molar-refractivity contribution is 0.363. The summed E-state index contributed by atoms with van der Waals surface area (Å²) in [4.78, 5) is 0. The van der Waals surface area contributed by atoms with E-state index < -0.39 is 0 Å². The lowest BCUT2D eigenvalue weighted by atomic mass is 10.3. The van der Waals surface area contributed by atoms with Crippen LogP contribution in [-0.4, -0.2) is 13.7 Å². The summed E-state index contributed by atoms with van der Waals surface area (Å²) in [5.41, 5.74) is 0. The van der Waals surface area contributed by atoms with Crippen molar-refractivity contribution in [2.45, 2.75) is 0 Å². The quantitative estimate of drug-likeness (QED) is 0.691. The van der Waals surface area contributed by atoms with Gasteiger partial charge in [-0.05, 0) is 12.1 Å². The van der Waals surface area contributed by atoms with E-state index in [1.165, 1.54) is 0 Å². The molecular weight excluding hydrogens is 188 g/mol. The predicted octanol–water partition coefficient (Wildman–Crippen LogP) is 2.36. The van der Waals surface area contributed by atoms with Gasteiger partial charge < -0.3 is 9.47 Å². The Morgan fingerprint density at radius 1 is 1.54 bits per heavy atom. The molecule has 0 heterocycles. The molecule has 3 heteroatoms. The first-order chi connectivity index (χ1) is 6.27. The lowest BCUT2D eigenvalue weighted by Crippen LogP contribution is -1.94. The molecule has 1 aromatic carbocycles. The number of terminal acetylenes is 1. The summed E-state index contributed by atoms with van der Waals surface area (Å²) in [6.45, 7) is 0.201. The van der Waals surface area contributed by atoms with Gasteiger partial charge in [-0.2, -0.15) is 0 Å². The normalized spacial score (nSPS) is 9.00. The summed E-state index contributed by atoms with van der Waals surface area (Å²) < 4.78 is 10.2. The smallest absolute Gasteiger partial charge is 0.148 e. The zero-order chi connectivity index (χ0) is 9.68. The van der Waals surface area contributed by atoms with Crippen molar-refractivity contribution in [2.75, 3.05) is 13.7 Å². The minimum Gasteiger partial charge on any atom is -0.497 e. The Balaban J connectivity index is 2.85. The highest BCUT2D eigenvalue weighted by molar-refractivity contribution is 6.32. The van der Waals surface area contributed by atoms with Crippen LogP contribution in [0.3, 0.4) is 0 Å². The standard InChI is InChI=1S/C10H9ClO2/c1-3-6-13-10-7-8(12-2)4-5-9(10)11/h1,4-5,7H,6H2,2H3. The van der Waals surface area contributed by atoms with Crippen LogP contribution in [0.2, 0.25) is 5.02 Å². The fraction of sp³-hybridized carbons (Fsp3) is 0.200. The molecule has 0 aliphatic rings. The van der Waals surface area contributed by atoms with Crippen molar-refractivity contribution in [3.8, 4) is 23.8 Å². The number of rotatable bonds is 3. The molecule has 1 aromatic rings. The van der Waals surface area contributed by atoms with Crippen molar-refractivity contribution in [3.05, 3.63) is 23.2 Å². The number of methoxy groups -OCH3 is 1. The van der Waals surface area contributed by atoms with Crippen molar-refractivity contribution in [3.63, 3.8) is 0 Å². The molecule has 2 nitrogen and oxygen atoms in total. The number of ether oxygens (including phenoxy) is 2. The van der Waals surface area contributed by atoms with E-state index in [-0.39, 0.29) is 6.61 Å². The molecule has 0 aliphatic carbocycles. The van der Waals surface area contributed by atoms with Gasteiger partial charge in [0, 0.05) is 6.07 Å². The second kappa shape index (κ2) is 4.64. The number of benzene rings is 1. The van der Waals surface area contributed by atoms with Crippen molar-refractivity contribution in [1.29, 1.82) is 0 Å². The monoisotopic (exact) mass is 196 g/mol. The molecule has 0 saturated carbocycles. The second-order valence-electron chi connectivity index (χ2n) is 2.29. The summed E-state index contributed by atoms with van der Waals surface area (Å²) >= 11 is 5.84. The third-order valence-corrected chi connectivity index (χ3v) is 1.76. The molecule has 0 aromatic heterocycles. The maximum absolute atomic E-state index is 5.84. The van der Waals surface area contributed by atoms with E-state index in [4.69, 9.17) is 27.5 Å². The Hall–Kier alpha value is -1.33. The highest BCUT2D eigenvalue weighted by Gasteiger charge is 2.02. The molecule has 0 radical (unpaired) electrons. The minimum absolute atomic E-state index is 0.201. The molecule has 0 fully saturated rings. The van der Waals surface area contributed by atoms with Crippen LogP contribution in [-0.2, 0) is 0 Å². The van der Waals surface area contributed by atoms with E-state index in [2.05, 4.69) is 5.92 Å². The van der Waals surface area contributed by atoms with Crippen molar-refractivity contribution in [2.24, 2.45) is 0 Å². The largest absolute Gasteiger partial charge is 0.497 e. The van der Waals surface area contributed by atoms with E-state index in [0.29, 0.717) is 16.5 Å². The van der Waals surface area contributed by atoms with Gasteiger partial charge in [0.1, 0.15) is 18.1 Å². The summed E-state index contributed by atoms with van der Waals surface area (Å²) in [7, 11) is 1.58. The third-order valence-electron chi connectivity index (χ3n) is 1.45. The van der Waals surface area contributed by atoms with Crippen LogP contribution in [0.15, 0.2) is 18.2 Å². The van der Waals surface area contributed by atoms with Crippen LogP contribution in [0, 0.1) is 12.3 Å². The molecule has 13 heavy (non-hydrogen) atoms. The minimum atomic E-state index is 0.201. The number of halogens is 1. The van der Waals surface area contributed by atoms with Gasteiger partial charge in [-0.25, -0.2) is 0 Å². The van der Waals surface area contributed by atoms with Crippen molar-refractivity contribution < 1.29 is 9.47 Å². The van der Waals surface area contributed by atoms with Gasteiger partial charge in [0.15, 0.2) is 0 Å². The molecular formula is C10H9ClO2. The highest BCUT2D eigenvalue weighted by Crippen LogP contribution is 2.28. The molecule has 0 amide bonds. The number of hydrogen-bond acceptors (Lipinski definition) is 2. The first-order valence-corrected chi connectivity index (χ1v) is 4.05. The van der Waals surface area contributed by atoms with Crippen LogP contribution < -0.4 is 9.47 Å². The van der Waals surface area contributed by atoms with Crippen LogP contribution in [0.1, 0.15) is 0 Å². The predicted molar refractivity (Wildman–Crippen MR) is 52.3 cm³/mol. The molecule has 1 rings (SSSR count). The Labute approximate surface area is 82.4 Å². The summed E-state index contributed by atoms with van der Waals surface area (Å²) in [5, 5.41) is 0.524. The van der Waals surface area contributed by atoms with Gasteiger partial charge in [-0.3, -0.25) is 0 Å². The molecule has 0 spiro atoms. The van der Waals surface area contributed by atoms with Crippen LogP contribution in [0.5, 0.6) is 11.5 Å². The first-order valence-electron chi connectivity index (χ1n) is 3.67. The molecule has 0 unspecified atom stereocenters. The molecule has 0 bridgehead atoms. The molecule has 0 N–H and O–H groups in total. The fourth-order valence-corrected chi connectivity index (χ4v) is 1.01. The first kappa shape index (κ1) is 9.76. The van der Waals surface area contributed by atoms with Crippen LogP contribution >= 0.6 is 11.6 Å². The molecule has 0 aliphatic heterocycles. The van der Waals surface area contributed by atoms with Crippen molar-refractivity contribution >= 4 is 11.6 Å².